The van der Waals surface area contributed by atoms with Crippen molar-refractivity contribution < 1.29 is 47.2 Å². The number of phenols is 2. The number of ketones is 1. The average Bonchev–Trinajstić information content (AvgIpc) is 3.51. The quantitative estimate of drug-likeness (QED) is 0.238. The molecule has 2 aliphatic heterocycles. The second-order valence-corrected chi connectivity index (χ2v) is 13.8. The maximum absolute atomic E-state index is 13.6. The van der Waals surface area contributed by atoms with Gasteiger partial charge in [-0.3, -0.25) is 9.59 Å². The van der Waals surface area contributed by atoms with Crippen LogP contribution in [0.3, 0.4) is 0 Å². The molecule has 0 saturated carbocycles. The molecule has 5 N–H and O–H groups in total. The molecule has 12 nitrogen and oxygen atoms in total. The number of allylic oxidation sites excluding steroid dienone is 1. The highest BCUT2D eigenvalue weighted by molar-refractivity contribution is 7.89. The summed E-state index contributed by atoms with van der Waals surface area (Å²) in [6.07, 6.45) is 6.06. The van der Waals surface area contributed by atoms with Gasteiger partial charge in [0, 0.05) is 37.3 Å². The van der Waals surface area contributed by atoms with Crippen LogP contribution in [0.2, 0.25) is 0 Å². The van der Waals surface area contributed by atoms with Crippen molar-refractivity contribution >= 4 is 33.8 Å². The molecule has 1 amide bonds. The van der Waals surface area contributed by atoms with E-state index in [1.165, 1.54) is 18.2 Å². The lowest BCUT2D eigenvalue weighted by molar-refractivity contribution is -0.121. The number of hydrogen-bond donors (Lipinski definition) is 4. The zero-order valence-electron chi connectivity index (χ0n) is 27.1. The number of rotatable bonds is 8. The van der Waals surface area contributed by atoms with Crippen molar-refractivity contribution in [1.82, 2.24) is 5.32 Å². The summed E-state index contributed by atoms with van der Waals surface area (Å²) in [6, 6.07) is 12.4. The predicted octanol–water partition coefficient (Wildman–Crippen LogP) is 4.84. The number of Topliss-reactive ketones (excluding diaryl/α,β-unsaturated/α-hetero) is 1. The number of primary sulfonamides is 1. The van der Waals surface area contributed by atoms with E-state index < -0.39 is 39.7 Å². The molecule has 0 spiro atoms. The van der Waals surface area contributed by atoms with Gasteiger partial charge in [0.15, 0.2) is 11.5 Å². The number of phenolic OH excluding ortho intramolecular Hbond substituents is 2. The van der Waals surface area contributed by atoms with E-state index in [0.717, 1.165) is 5.56 Å². The first-order valence-corrected chi connectivity index (χ1v) is 17.7. The Balaban J connectivity index is 1.46. The zero-order chi connectivity index (χ0) is 35.1. The summed E-state index contributed by atoms with van der Waals surface area (Å²) in [5, 5.41) is 31.2. The van der Waals surface area contributed by atoms with Crippen LogP contribution in [-0.4, -0.2) is 55.7 Å². The van der Waals surface area contributed by atoms with E-state index in [4.69, 9.17) is 19.3 Å². The monoisotopic (exact) mass is 692 g/mol. The molecule has 5 rings (SSSR count). The van der Waals surface area contributed by atoms with Gasteiger partial charge in [-0.2, -0.15) is 0 Å². The first-order chi connectivity index (χ1) is 23.4. The Morgan fingerprint density at radius 2 is 1.76 bits per heavy atom. The number of hydrogen-bond acceptors (Lipinski definition) is 10. The van der Waals surface area contributed by atoms with Crippen LogP contribution in [0.5, 0.6) is 23.0 Å². The van der Waals surface area contributed by atoms with Crippen molar-refractivity contribution in [1.29, 1.82) is 0 Å². The Hall–Kier alpha value is -4.88. The maximum atomic E-state index is 13.6. The second-order valence-electron chi connectivity index (χ2n) is 12.2. The van der Waals surface area contributed by atoms with Gasteiger partial charge in [-0.05, 0) is 86.1 Å². The number of carbonyl (C=O) groups is 3. The molecule has 260 valence electrons. The maximum Gasteiger partial charge on any atom is 0.342 e. The number of carbonyl (C=O) groups excluding carboxylic acids is 3. The van der Waals surface area contributed by atoms with E-state index in [-0.39, 0.29) is 52.9 Å². The normalized spacial score (nSPS) is 17.5. The number of esters is 1. The topological polar surface area (TPSA) is 192 Å². The van der Waals surface area contributed by atoms with Crippen LogP contribution in [0.25, 0.3) is 6.08 Å². The van der Waals surface area contributed by atoms with E-state index in [0.29, 0.717) is 62.0 Å². The van der Waals surface area contributed by atoms with E-state index in [2.05, 4.69) is 5.32 Å². The molecule has 0 aromatic heterocycles. The molecule has 1 unspecified atom stereocenters. The number of benzene rings is 3. The van der Waals surface area contributed by atoms with Gasteiger partial charge in [0.05, 0.1) is 11.0 Å². The molecular weight excluding hydrogens is 652 g/mol. The third-order valence-corrected chi connectivity index (χ3v) is 9.51. The first-order valence-electron chi connectivity index (χ1n) is 16.2. The molecule has 2 atom stereocenters. The van der Waals surface area contributed by atoms with Crippen molar-refractivity contribution in [3.8, 4) is 23.0 Å². The fraction of sp³-hybridized carbons (Fsp3) is 0.361. The Labute approximate surface area is 284 Å². The van der Waals surface area contributed by atoms with Crippen LogP contribution >= 0.6 is 0 Å². The average molecular weight is 693 g/mol. The standard InChI is InChI=1S/C36H40N2O10S/c1-22-6-5-9-26(39)8-4-2-3-7-25-18-29(40)34(35(42)33(25)36(43)48-22)28(24-12-15-30-31(19-24)47-21-46-30)20-32(41)38-17-16-23-10-13-27(14-11-23)49(37,44)45/h3,7,10-15,18-19,22,28,40,42H,2,4-6,8-9,16-17,20-21H2,1H3,(H,38,41)(H2,37,44,45)/t22-,28?/m0/s1. The highest BCUT2D eigenvalue weighted by Gasteiger charge is 2.32. The predicted molar refractivity (Wildman–Crippen MR) is 180 cm³/mol. The molecule has 0 aliphatic carbocycles. The molecule has 2 aliphatic rings. The molecule has 0 radical (unpaired) electrons. The largest absolute Gasteiger partial charge is 0.507 e. The summed E-state index contributed by atoms with van der Waals surface area (Å²) in [4.78, 5) is 39.2. The SMILES string of the molecule is C[C@H]1CCCC(=O)CCCC=Cc2cc(O)c(C(CC(=O)NCCc3ccc(S(N)(=O)=O)cc3)c3ccc4c(c3)OCO4)c(O)c2C(=O)O1. The van der Waals surface area contributed by atoms with Crippen LogP contribution in [-0.2, 0) is 30.8 Å². The minimum atomic E-state index is -3.83. The van der Waals surface area contributed by atoms with Gasteiger partial charge in [-0.15, -0.1) is 0 Å². The Bertz CT molecular complexity index is 1850. The van der Waals surface area contributed by atoms with Crippen LogP contribution in [0.4, 0.5) is 0 Å². The number of aromatic hydroxyl groups is 2. The van der Waals surface area contributed by atoms with Crippen molar-refractivity contribution in [3.05, 3.63) is 82.4 Å². The number of fused-ring (bicyclic) bond motifs is 2. The van der Waals surface area contributed by atoms with Crippen molar-refractivity contribution in [3.63, 3.8) is 0 Å². The van der Waals surface area contributed by atoms with Crippen molar-refractivity contribution in [2.24, 2.45) is 5.14 Å². The van der Waals surface area contributed by atoms with Crippen LogP contribution in [0.1, 0.15) is 90.4 Å². The summed E-state index contributed by atoms with van der Waals surface area (Å²) in [7, 11) is -3.83. The third-order valence-electron chi connectivity index (χ3n) is 8.58. The zero-order valence-corrected chi connectivity index (χ0v) is 28.0. The smallest absolute Gasteiger partial charge is 0.342 e. The van der Waals surface area contributed by atoms with E-state index in [1.54, 1.807) is 49.4 Å². The summed E-state index contributed by atoms with van der Waals surface area (Å²) in [6.45, 7) is 1.95. The lowest BCUT2D eigenvalue weighted by Gasteiger charge is -2.23. The number of amides is 1. The Kier molecular flexibility index (Phi) is 11.2. The first kappa shape index (κ1) is 35.4. The van der Waals surface area contributed by atoms with Crippen LogP contribution in [0, 0.1) is 0 Å². The van der Waals surface area contributed by atoms with E-state index in [1.807, 2.05) is 0 Å². The highest BCUT2D eigenvalue weighted by Crippen LogP contribution is 2.46. The highest BCUT2D eigenvalue weighted by atomic mass is 32.2. The van der Waals surface area contributed by atoms with Crippen molar-refractivity contribution in [2.75, 3.05) is 13.3 Å². The van der Waals surface area contributed by atoms with Gasteiger partial charge in [0.2, 0.25) is 22.7 Å². The fourth-order valence-corrected chi connectivity index (χ4v) is 6.50. The van der Waals surface area contributed by atoms with E-state index in [9.17, 15) is 33.0 Å². The number of nitrogens with two attached hydrogens (primary N) is 1. The Morgan fingerprint density at radius 3 is 2.51 bits per heavy atom. The molecule has 0 fully saturated rings. The van der Waals surface area contributed by atoms with Crippen molar-refractivity contribution in [2.45, 2.75) is 75.2 Å². The lowest BCUT2D eigenvalue weighted by Crippen LogP contribution is -2.27. The number of cyclic esters (lactones) is 1. The third kappa shape index (κ3) is 8.98. The van der Waals surface area contributed by atoms with Gasteiger partial charge < -0.3 is 29.7 Å². The fourth-order valence-electron chi connectivity index (χ4n) is 5.99. The molecule has 49 heavy (non-hydrogen) atoms. The lowest BCUT2D eigenvalue weighted by atomic mass is 9.84. The molecule has 0 saturated heterocycles. The summed E-state index contributed by atoms with van der Waals surface area (Å²) < 4.78 is 39.8. The Morgan fingerprint density at radius 1 is 1.02 bits per heavy atom. The molecule has 13 heteroatoms. The summed E-state index contributed by atoms with van der Waals surface area (Å²) >= 11 is 0. The van der Waals surface area contributed by atoms with Crippen LogP contribution in [0.15, 0.2) is 59.5 Å². The second kappa shape index (κ2) is 15.6. The van der Waals surface area contributed by atoms with Gasteiger partial charge in [0.1, 0.15) is 22.8 Å². The van der Waals surface area contributed by atoms with Gasteiger partial charge in [-0.25, -0.2) is 18.4 Å². The minimum absolute atomic E-state index is 0.0159. The van der Waals surface area contributed by atoms with Gasteiger partial charge in [0.25, 0.3) is 0 Å². The summed E-state index contributed by atoms with van der Waals surface area (Å²) in [5.74, 6) is -1.89. The molecule has 0 bridgehead atoms. The summed E-state index contributed by atoms with van der Waals surface area (Å²) in [5.41, 5.74) is 1.36. The molecule has 2 heterocycles. The molecule has 3 aromatic rings. The van der Waals surface area contributed by atoms with E-state index >= 15 is 0 Å². The number of sulfonamides is 1. The number of ether oxygens (including phenoxy) is 3. The van der Waals surface area contributed by atoms with Gasteiger partial charge >= 0.3 is 5.97 Å². The van der Waals surface area contributed by atoms with Gasteiger partial charge in [-0.1, -0.05) is 30.4 Å². The number of nitrogens with one attached hydrogen (secondary N) is 1. The van der Waals surface area contributed by atoms with Crippen LogP contribution < -0.4 is 19.9 Å². The minimum Gasteiger partial charge on any atom is -0.507 e. The molecular formula is C36H40N2O10S. The molecule has 3 aromatic carbocycles.